The molecule has 1 aromatic rings. The van der Waals surface area contributed by atoms with Crippen LogP contribution in [-0.2, 0) is 11.2 Å². The Bertz CT molecular complexity index is 400. The van der Waals surface area contributed by atoms with Crippen molar-refractivity contribution in [1.82, 2.24) is 5.32 Å². The van der Waals surface area contributed by atoms with Gasteiger partial charge in [-0.25, -0.2) is 0 Å². The minimum Gasteiger partial charge on any atom is -0.481 e. The zero-order valence-electron chi connectivity index (χ0n) is 10.0. The Kier molecular flexibility index (Phi) is 5.15. The molecule has 1 amide bonds. The van der Waals surface area contributed by atoms with Crippen LogP contribution in [-0.4, -0.2) is 23.5 Å². The van der Waals surface area contributed by atoms with Gasteiger partial charge in [0.25, 0.3) is 5.91 Å². The molecule has 5 heteroatoms. The molecule has 1 aromatic heterocycles. The van der Waals surface area contributed by atoms with Gasteiger partial charge in [-0.05, 0) is 29.9 Å². The Morgan fingerprint density at radius 3 is 2.71 bits per heavy atom. The number of carboxylic acids is 1. The van der Waals surface area contributed by atoms with Crippen LogP contribution in [0.1, 0.15) is 35.5 Å². The summed E-state index contributed by atoms with van der Waals surface area (Å²) in [6.45, 7) is 3.98. The third-order valence-corrected chi connectivity index (χ3v) is 3.64. The standard InChI is InChI=1S/C12H17NO3S/c1-3-8-5-6-17-10(8)11(14)13-7-9(4-2)12(15)16/h5-6,9H,3-4,7H2,1-2H3,(H,13,14)(H,15,16). The number of aliphatic carboxylic acids is 1. The smallest absolute Gasteiger partial charge is 0.308 e. The van der Waals surface area contributed by atoms with Crippen LogP contribution in [0.4, 0.5) is 0 Å². The molecule has 1 heterocycles. The Labute approximate surface area is 105 Å². The number of carboxylic acid groups (broad SMARTS) is 1. The maximum atomic E-state index is 11.8. The third kappa shape index (κ3) is 3.56. The molecule has 17 heavy (non-hydrogen) atoms. The monoisotopic (exact) mass is 255 g/mol. The van der Waals surface area contributed by atoms with E-state index in [1.807, 2.05) is 18.4 Å². The summed E-state index contributed by atoms with van der Waals surface area (Å²) in [4.78, 5) is 23.3. The molecule has 0 aliphatic heterocycles. The van der Waals surface area contributed by atoms with Gasteiger partial charge >= 0.3 is 5.97 Å². The molecule has 1 atom stereocenters. The van der Waals surface area contributed by atoms with E-state index in [0.717, 1.165) is 12.0 Å². The number of carbonyl (C=O) groups excluding carboxylic acids is 1. The highest BCUT2D eigenvalue weighted by Gasteiger charge is 2.18. The van der Waals surface area contributed by atoms with Crippen molar-refractivity contribution in [2.45, 2.75) is 26.7 Å². The lowest BCUT2D eigenvalue weighted by Gasteiger charge is -2.10. The highest BCUT2D eigenvalue weighted by atomic mass is 32.1. The second-order valence-corrected chi connectivity index (χ2v) is 4.70. The third-order valence-electron chi connectivity index (χ3n) is 2.68. The molecule has 0 bridgehead atoms. The zero-order chi connectivity index (χ0) is 12.8. The number of rotatable bonds is 6. The van der Waals surface area contributed by atoms with Gasteiger partial charge < -0.3 is 10.4 Å². The molecule has 0 saturated heterocycles. The fraction of sp³-hybridized carbons (Fsp3) is 0.500. The summed E-state index contributed by atoms with van der Waals surface area (Å²) in [5, 5.41) is 13.4. The van der Waals surface area contributed by atoms with Crippen molar-refractivity contribution >= 4 is 23.2 Å². The van der Waals surface area contributed by atoms with Crippen molar-refractivity contribution in [2.24, 2.45) is 5.92 Å². The normalized spacial score (nSPS) is 12.1. The summed E-state index contributed by atoms with van der Waals surface area (Å²) >= 11 is 1.39. The molecule has 1 unspecified atom stereocenters. The van der Waals surface area contributed by atoms with Gasteiger partial charge in [0.2, 0.25) is 0 Å². The zero-order valence-corrected chi connectivity index (χ0v) is 10.8. The molecule has 1 rings (SSSR count). The number of nitrogens with one attached hydrogen (secondary N) is 1. The number of amides is 1. The summed E-state index contributed by atoms with van der Waals surface area (Å²) in [7, 11) is 0. The van der Waals surface area contributed by atoms with Crippen LogP contribution in [0.2, 0.25) is 0 Å². The average Bonchev–Trinajstić information content (AvgIpc) is 2.77. The fourth-order valence-electron chi connectivity index (χ4n) is 1.52. The number of thiophene rings is 1. The lowest BCUT2D eigenvalue weighted by molar-refractivity contribution is -0.141. The van der Waals surface area contributed by atoms with Crippen molar-refractivity contribution in [3.05, 3.63) is 21.9 Å². The number of aryl methyl sites for hydroxylation is 1. The van der Waals surface area contributed by atoms with E-state index in [0.29, 0.717) is 11.3 Å². The largest absolute Gasteiger partial charge is 0.481 e. The number of hydrogen-bond acceptors (Lipinski definition) is 3. The Morgan fingerprint density at radius 1 is 1.47 bits per heavy atom. The van der Waals surface area contributed by atoms with Gasteiger partial charge in [0.05, 0.1) is 10.8 Å². The van der Waals surface area contributed by atoms with Crippen molar-refractivity contribution in [3.8, 4) is 0 Å². The molecule has 0 radical (unpaired) electrons. The maximum Gasteiger partial charge on any atom is 0.308 e. The van der Waals surface area contributed by atoms with E-state index < -0.39 is 11.9 Å². The SMILES string of the molecule is CCc1ccsc1C(=O)NCC(CC)C(=O)O. The minimum atomic E-state index is -0.866. The lowest BCUT2D eigenvalue weighted by atomic mass is 10.1. The van der Waals surface area contributed by atoms with Crippen LogP contribution in [0.25, 0.3) is 0 Å². The van der Waals surface area contributed by atoms with E-state index in [2.05, 4.69) is 5.32 Å². The van der Waals surface area contributed by atoms with E-state index in [1.54, 1.807) is 6.92 Å². The molecule has 0 saturated carbocycles. The second-order valence-electron chi connectivity index (χ2n) is 3.78. The van der Waals surface area contributed by atoms with E-state index in [1.165, 1.54) is 11.3 Å². The molecular formula is C12H17NO3S. The van der Waals surface area contributed by atoms with Gasteiger partial charge in [-0.15, -0.1) is 11.3 Å². The van der Waals surface area contributed by atoms with Gasteiger partial charge in [-0.1, -0.05) is 13.8 Å². The van der Waals surface area contributed by atoms with Crippen molar-refractivity contribution < 1.29 is 14.7 Å². The number of hydrogen-bond donors (Lipinski definition) is 2. The first-order chi connectivity index (χ1) is 8.10. The Hall–Kier alpha value is -1.36. The first-order valence-corrected chi connectivity index (χ1v) is 6.55. The molecule has 0 aliphatic carbocycles. The average molecular weight is 255 g/mol. The molecule has 0 aliphatic rings. The first kappa shape index (κ1) is 13.7. The van der Waals surface area contributed by atoms with Crippen LogP contribution in [0.5, 0.6) is 0 Å². The summed E-state index contributed by atoms with van der Waals surface area (Å²) in [6.07, 6.45) is 1.32. The predicted molar refractivity (Wildman–Crippen MR) is 67.4 cm³/mol. The van der Waals surface area contributed by atoms with Gasteiger partial charge in [0.1, 0.15) is 0 Å². The molecular weight excluding hydrogens is 238 g/mol. The second kappa shape index (κ2) is 6.39. The number of carbonyl (C=O) groups is 2. The fourth-order valence-corrected chi connectivity index (χ4v) is 2.43. The summed E-state index contributed by atoms with van der Waals surface area (Å²) in [5.41, 5.74) is 1.01. The molecule has 94 valence electrons. The van der Waals surface area contributed by atoms with Gasteiger partial charge in [-0.2, -0.15) is 0 Å². The molecule has 4 nitrogen and oxygen atoms in total. The van der Waals surface area contributed by atoms with Crippen LogP contribution in [0, 0.1) is 5.92 Å². The van der Waals surface area contributed by atoms with E-state index in [4.69, 9.17) is 5.11 Å². The highest BCUT2D eigenvalue weighted by Crippen LogP contribution is 2.17. The van der Waals surface area contributed by atoms with Crippen molar-refractivity contribution in [1.29, 1.82) is 0 Å². The van der Waals surface area contributed by atoms with E-state index in [-0.39, 0.29) is 12.5 Å². The summed E-state index contributed by atoms with van der Waals surface area (Å²) in [6, 6.07) is 1.92. The van der Waals surface area contributed by atoms with Crippen molar-refractivity contribution in [2.75, 3.05) is 6.54 Å². The van der Waals surface area contributed by atoms with Gasteiger partial charge in [-0.3, -0.25) is 9.59 Å². The quantitative estimate of drug-likeness (QED) is 0.818. The molecule has 0 spiro atoms. The summed E-state index contributed by atoms with van der Waals surface area (Å²) < 4.78 is 0. The minimum absolute atomic E-state index is 0.170. The maximum absolute atomic E-state index is 11.8. The van der Waals surface area contributed by atoms with E-state index >= 15 is 0 Å². The Morgan fingerprint density at radius 2 is 2.18 bits per heavy atom. The van der Waals surface area contributed by atoms with Crippen LogP contribution in [0.15, 0.2) is 11.4 Å². The first-order valence-electron chi connectivity index (χ1n) is 5.67. The van der Waals surface area contributed by atoms with Crippen LogP contribution in [0.3, 0.4) is 0 Å². The molecule has 2 N–H and O–H groups in total. The van der Waals surface area contributed by atoms with Crippen molar-refractivity contribution in [3.63, 3.8) is 0 Å². The molecule has 0 aromatic carbocycles. The molecule has 0 fully saturated rings. The highest BCUT2D eigenvalue weighted by molar-refractivity contribution is 7.12. The van der Waals surface area contributed by atoms with E-state index in [9.17, 15) is 9.59 Å². The predicted octanol–water partition coefficient (Wildman–Crippen LogP) is 2.15. The van der Waals surface area contributed by atoms with Gasteiger partial charge in [0, 0.05) is 6.54 Å². The van der Waals surface area contributed by atoms with Gasteiger partial charge in [0.15, 0.2) is 0 Å². The van der Waals surface area contributed by atoms with Crippen LogP contribution < -0.4 is 5.32 Å². The lowest BCUT2D eigenvalue weighted by Crippen LogP contribution is -2.32. The topological polar surface area (TPSA) is 66.4 Å². The van der Waals surface area contributed by atoms with Crippen LogP contribution >= 0.6 is 11.3 Å². The summed E-state index contributed by atoms with van der Waals surface area (Å²) in [5.74, 6) is -1.55. The Balaban J connectivity index is 2.58.